The van der Waals surface area contributed by atoms with E-state index in [1.807, 2.05) is 4.72 Å². The van der Waals surface area contributed by atoms with Gasteiger partial charge in [-0.25, -0.2) is 45.1 Å². The Morgan fingerprint density at radius 3 is 2.25 bits per heavy atom. The van der Waals surface area contributed by atoms with E-state index >= 15 is 0 Å². The zero-order valence-electron chi connectivity index (χ0n) is 19.7. The van der Waals surface area contributed by atoms with Gasteiger partial charge in [-0.1, -0.05) is 19.6 Å². The standard InChI is InChI=1S/C21H22F5N5O3SSi/c1-30-18-11-5-6-31(10-34-7-8-36(2,3)4)20(11)27-9-12(18)28-21(30)29-35(32,33)19-16(25)14(23)13(22)15(24)17(19)26/h5-6,9H,7-8,10H2,1-4H3,(H,28,29). The Morgan fingerprint density at radius 2 is 1.64 bits per heavy atom. The van der Waals surface area contributed by atoms with Crippen LogP contribution >= 0.6 is 0 Å². The van der Waals surface area contributed by atoms with Gasteiger partial charge in [0.1, 0.15) is 17.9 Å². The number of aryl methyl sites for hydroxylation is 1. The molecule has 0 unspecified atom stereocenters. The number of pyridine rings is 1. The first-order valence-electron chi connectivity index (χ1n) is 10.6. The number of benzene rings is 1. The van der Waals surface area contributed by atoms with E-state index in [1.54, 1.807) is 16.8 Å². The van der Waals surface area contributed by atoms with Gasteiger partial charge in [0.15, 0.2) is 28.2 Å². The fourth-order valence-electron chi connectivity index (χ4n) is 3.57. The van der Waals surface area contributed by atoms with Crippen molar-refractivity contribution >= 4 is 46.1 Å². The van der Waals surface area contributed by atoms with Crippen LogP contribution in [0, 0.1) is 29.1 Å². The Labute approximate surface area is 203 Å². The highest BCUT2D eigenvalue weighted by Crippen LogP contribution is 2.30. The maximum absolute atomic E-state index is 14.1. The molecular weight excluding hydrogens is 525 g/mol. The number of ether oxygens (including phenoxy) is 1. The maximum Gasteiger partial charge on any atom is 0.270 e. The fraction of sp³-hybridized carbons (Fsp3) is 0.333. The van der Waals surface area contributed by atoms with Crippen molar-refractivity contribution < 1.29 is 35.1 Å². The number of fused-ring (bicyclic) bond motifs is 3. The Morgan fingerprint density at radius 1 is 1.03 bits per heavy atom. The van der Waals surface area contributed by atoms with Crippen LogP contribution in [0.2, 0.25) is 25.7 Å². The Balaban J connectivity index is 1.69. The van der Waals surface area contributed by atoms with Crippen molar-refractivity contribution in [1.82, 2.24) is 19.1 Å². The second-order valence-corrected chi connectivity index (χ2v) is 16.6. The number of nitrogens with zero attached hydrogens (tertiary/aromatic N) is 4. The van der Waals surface area contributed by atoms with Crippen LogP contribution in [0.4, 0.5) is 27.9 Å². The summed E-state index contributed by atoms with van der Waals surface area (Å²) in [6.45, 7) is 7.54. The third-order valence-corrected chi connectivity index (χ3v) is 8.56. The van der Waals surface area contributed by atoms with Crippen molar-refractivity contribution in [2.45, 2.75) is 37.3 Å². The molecular formula is C21H22F5N5O3SSi. The van der Waals surface area contributed by atoms with E-state index in [9.17, 15) is 30.4 Å². The van der Waals surface area contributed by atoms with Crippen molar-refractivity contribution in [3.8, 4) is 0 Å². The zero-order chi connectivity index (χ0) is 26.6. The highest BCUT2D eigenvalue weighted by molar-refractivity contribution is 7.92. The van der Waals surface area contributed by atoms with Gasteiger partial charge in [0.25, 0.3) is 10.0 Å². The monoisotopic (exact) mass is 547 g/mol. The number of rotatable bonds is 8. The second-order valence-electron chi connectivity index (χ2n) is 9.36. The second kappa shape index (κ2) is 9.12. The minimum Gasteiger partial charge on any atom is -0.361 e. The lowest BCUT2D eigenvalue weighted by atomic mass is 10.3. The largest absolute Gasteiger partial charge is 0.361 e. The average molecular weight is 548 g/mol. The summed E-state index contributed by atoms with van der Waals surface area (Å²) < 4.78 is 105. The predicted molar refractivity (Wildman–Crippen MR) is 125 cm³/mol. The molecule has 0 atom stereocenters. The third-order valence-electron chi connectivity index (χ3n) is 5.51. The van der Waals surface area contributed by atoms with E-state index < -0.39 is 58.0 Å². The number of hydrogen-bond acceptors (Lipinski definition) is 5. The molecule has 3 aromatic heterocycles. The summed E-state index contributed by atoms with van der Waals surface area (Å²) in [4.78, 5) is 6.42. The maximum atomic E-state index is 14.1. The lowest BCUT2D eigenvalue weighted by Gasteiger charge is -2.15. The highest BCUT2D eigenvalue weighted by Gasteiger charge is 2.34. The van der Waals surface area contributed by atoms with Crippen molar-refractivity contribution in [1.29, 1.82) is 0 Å². The lowest BCUT2D eigenvalue weighted by molar-refractivity contribution is 0.0899. The lowest BCUT2D eigenvalue weighted by Crippen LogP contribution is -2.22. The molecule has 194 valence electrons. The molecule has 15 heteroatoms. The van der Waals surface area contributed by atoms with Gasteiger partial charge in [-0.05, 0) is 12.1 Å². The van der Waals surface area contributed by atoms with Gasteiger partial charge in [-0.15, -0.1) is 0 Å². The summed E-state index contributed by atoms with van der Waals surface area (Å²) in [6, 6.07) is 2.70. The first kappa shape index (κ1) is 26.0. The SMILES string of the molecule is Cn1c(NS(=O)(=O)c2c(F)c(F)c(F)c(F)c2F)nc2cnc3c(ccn3COCC[Si](C)(C)C)c21. The van der Waals surface area contributed by atoms with Crippen molar-refractivity contribution in [2.75, 3.05) is 11.3 Å². The van der Waals surface area contributed by atoms with Crippen LogP contribution in [-0.4, -0.2) is 42.2 Å². The number of hydrogen-bond donors (Lipinski definition) is 1. The Kier molecular flexibility index (Phi) is 6.59. The summed E-state index contributed by atoms with van der Waals surface area (Å²) >= 11 is 0. The molecule has 36 heavy (non-hydrogen) atoms. The first-order valence-corrected chi connectivity index (χ1v) is 15.8. The number of imidazole rings is 1. The molecule has 4 aromatic rings. The van der Waals surface area contributed by atoms with Crippen molar-refractivity contribution in [2.24, 2.45) is 7.05 Å². The molecule has 0 spiro atoms. The van der Waals surface area contributed by atoms with Crippen LogP contribution in [0.25, 0.3) is 22.1 Å². The average Bonchev–Trinajstić information content (AvgIpc) is 3.33. The number of sulfonamides is 1. The summed E-state index contributed by atoms with van der Waals surface area (Å²) in [5, 5.41) is 0.581. The van der Waals surface area contributed by atoms with Crippen molar-refractivity contribution in [3.05, 3.63) is 47.5 Å². The molecule has 0 aliphatic carbocycles. The van der Waals surface area contributed by atoms with Gasteiger partial charge in [0.05, 0.1) is 11.7 Å². The van der Waals surface area contributed by atoms with Crippen molar-refractivity contribution in [3.63, 3.8) is 0 Å². The number of anilines is 1. The van der Waals surface area contributed by atoms with E-state index in [4.69, 9.17) is 4.74 Å². The summed E-state index contributed by atoms with van der Waals surface area (Å²) in [6.07, 6.45) is 3.10. The minimum absolute atomic E-state index is 0.234. The Bertz CT molecular complexity index is 1570. The molecule has 0 bridgehead atoms. The third kappa shape index (κ3) is 4.57. The normalized spacial score (nSPS) is 12.7. The molecule has 4 rings (SSSR count). The van der Waals surface area contributed by atoms with Crippen LogP contribution in [0.5, 0.6) is 0 Å². The van der Waals surface area contributed by atoms with Gasteiger partial charge in [0, 0.05) is 33.3 Å². The molecule has 0 radical (unpaired) electrons. The van der Waals surface area contributed by atoms with Crippen LogP contribution in [0.15, 0.2) is 23.4 Å². The van der Waals surface area contributed by atoms with Gasteiger partial charge >= 0.3 is 0 Å². The van der Waals surface area contributed by atoms with Crippen LogP contribution < -0.4 is 4.72 Å². The van der Waals surface area contributed by atoms with E-state index in [0.717, 1.165) is 6.04 Å². The zero-order valence-corrected chi connectivity index (χ0v) is 21.5. The van der Waals surface area contributed by atoms with Crippen LogP contribution in [0.1, 0.15) is 0 Å². The molecule has 0 amide bonds. The molecule has 0 aliphatic rings. The number of halogens is 5. The van der Waals surface area contributed by atoms with Gasteiger partial charge < -0.3 is 13.9 Å². The van der Waals surface area contributed by atoms with E-state index in [-0.39, 0.29) is 12.2 Å². The molecule has 1 N–H and O–H groups in total. The molecule has 1 aromatic carbocycles. The molecule has 3 heterocycles. The van der Waals surface area contributed by atoms with Crippen LogP contribution in [0.3, 0.4) is 0 Å². The predicted octanol–water partition coefficient (Wildman–Crippen LogP) is 4.73. The summed E-state index contributed by atoms with van der Waals surface area (Å²) in [5.41, 5.74) is 1.18. The van der Waals surface area contributed by atoms with Gasteiger partial charge in [-0.2, -0.15) is 0 Å². The molecule has 8 nitrogen and oxygen atoms in total. The molecule has 0 fully saturated rings. The van der Waals surface area contributed by atoms with E-state index in [2.05, 4.69) is 29.6 Å². The van der Waals surface area contributed by atoms with E-state index in [1.165, 1.54) is 17.8 Å². The molecule has 0 saturated heterocycles. The van der Waals surface area contributed by atoms with Gasteiger partial charge in [-0.3, -0.25) is 0 Å². The smallest absolute Gasteiger partial charge is 0.270 e. The van der Waals surface area contributed by atoms with Gasteiger partial charge in [0.2, 0.25) is 11.8 Å². The number of aromatic nitrogens is 4. The number of nitrogens with one attached hydrogen (secondary N) is 1. The first-order chi connectivity index (χ1) is 16.7. The van der Waals surface area contributed by atoms with E-state index in [0.29, 0.717) is 23.2 Å². The minimum atomic E-state index is -5.25. The Hall–Kier alpha value is -3.04. The highest BCUT2D eigenvalue weighted by atomic mass is 32.2. The molecule has 0 saturated carbocycles. The quantitative estimate of drug-likeness (QED) is 0.113. The topological polar surface area (TPSA) is 91.0 Å². The van der Waals surface area contributed by atoms with Crippen LogP contribution in [-0.2, 0) is 28.5 Å². The molecule has 0 aliphatic heterocycles. The fourth-order valence-corrected chi connectivity index (χ4v) is 5.51. The summed E-state index contributed by atoms with van der Waals surface area (Å²) in [7, 11) is -5.09. The summed E-state index contributed by atoms with van der Waals surface area (Å²) in [5.74, 6) is -12.6.